The van der Waals surface area contributed by atoms with E-state index in [0.717, 1.165) is 12.1 Å². The second kappa shape index (κ2) is 6.14. The quantitative estimate of drug-likeness (QED) is 0.787. The van der Waals surface area contributed by atoms with Crippen molar-refractivity contribution in [3.63, 3.8) is 0 Å². The molecule has 0 amide bonds. The van der Waals surface area contributed by atoms with Gasteiger partial charge < -0.3 is 9.47 Å². The molecule has 0 radical (unpaired) electrons. The average Bonchev–Trinajstić information content (AvgIpc) is 2.45. The number of hydrogen-bond donors (Lipinski definition) is 0. The second-order valence-electron chi connectivity index (χ2n) is 4.08. The smallest absolute Gasteiger partial charge is 0.150 e. The maximum Gasteiger partial charge on any atom is 0.150 e. The highest BCUT2D eigenvalue weighted by Gasteiger charge is 2.06. The average molecular weight is 278 g/mol. The minimum absolute atomic E-state index is 0.0718. The molecule has 5 heteroatoms. The summed E-state index contributed by atoms with van der Waals surface area (Å²) in [5, 5.41) is 0. The summed E-state index contributed by atoms with van der Waals surface area (Å²) >= 11 is 0. The zero-order valence-corrected chi connectivity index (χ0v) is 10.7. The molecule has 0 heterocycles. The van der Waals surface area contributed by atoms with Gasteiger partial charge in [0.15, 0.2) is 0 Å². The molecule has 20 heavy (non-hydrogen) atoms. The standard InChI is InChI=1S/C15H12F2O3/c1-19-13-3-2-11(15(17)7-13)9-20-14-5-10(8-18)4-12(16)6-14/h2-8H,9H2,1H3. The third kappa shape index (κ3) is 3.32. The highest BCUT2D eigenvalue weighted by atomic mass is 19.1. The van der Waals surface area contributed by atoms with Gasteiger partial charge in [-0.05, 0) is 24.3 Å². The molecular formula is C15H12F2O3. The number of rotatable bonds is 5. The molecule has 0 aliphatic heterocycles. The molecule has 0 bridgehead atoms. The number of halogens is 2. The van der Waals surface area contributed by atoms with Crippen LogP contribution < -0.4 is 9.47 Å². The first-order valence-electron chi connectivity index (χ1n) is 5.83. The molecular weight excluding hydrogens is 266 g/mol. The molecule has 2 rings (SSSR count). The van der Waals surface area contributed by atoms with Crippen LogP contribution in [0.4, 0.5) is 8.78 Å². The van der Waals surface area contributed by atoms with E-state index in [1.807, 2.05) is 0 Å². The van der Waals surface area contributed by atoms with Crippen LogP contribution in [0.15, 0.2) is 36.4 Å². The molecule has 0 aliphatic carbocycles. The summed E-state index contributed by atoms with van der Waals surface area (Å²) in [4.78, 5) is 10.6. The number of methoxy groups -OCH3 is 1. The van der Waals surface area contributed by atoms with Gasteiger partial charge in [-0.25, -0.2) is 8.78 Å². The van der Waals surface area contributed by atoms with Crippen LogP contribution in [0.1, 0.15) is 15.9 Å². The third-order valence-corrected chi connectivity index (χ3v) is 2.68. The SMILES string of the molecule is COc1ccc(COc2cc(F)cc(C=O)c2)c(F)c1. The fourth-order valence-corrected chi connectivity index (χ4v) is 1.67. The highest BCUT2D eigenvalue weighted by molar-refractivity contribution is 5.75. The van der Waals surface area contributed by atoms with E-state index in [-0.39, 0.29) is 17.9 Å². The van der Waals surface area contributed by atoms with E-state index in [4.69, 9.17) is 9.47 Å². The molecule has 2 aromatic rings. The largest absolute Gasteiger partial charge is 0.497 e. The monoisotopic (exact) mass is 278 g/mol. The summed E-state index contributed by atoms with van der Waals surface area (Å²) in [7, 11) is 1.44. The molecule has 0 aromatic heterocycles. The lowest BCUT2D eigenvalue weighted by Crippen LogP contribution is -2.00. The van der Waals surface area contributed by atoms with E-state index in [2.05, 4.69) is 0 Å². The van der Waals surface area contributed by atoms with Gasteiger partial charge in [0, 0.05) is 23.3 Å². The predicted octanol–water partition coefficient (Wildman–Crippen LogP) is 3.36. The Morgan fingerprint density at radius 1 is 1.10 bits per heavy atom. The van der Waals surface area contributed by atoms with Crippen LogP contribution in [0.25, 0.3) is 0 Å². The van der Waals surface area contributed by atoms with Gasteiger partial charge in [0.2, 0.25) is 0 Å². The van der Waals surface area contributed by atoms with E-state index < -0.39 is 11.6 Å². The highest BCUT2D eigenvalue weighted by Crippen LogP contribution is 2.20. The Labute approximate surface area is 114 Å². The van der Waals surface area contributed by atoms with E-state index in [0.29, 0.717) is 17.6 Å². The van der Waals surface area contributed by atoms with Crippen LogP contribution in [0, 0.1) is 11.6 Å². The number of carbonyl (C=O) groups excluding carboxylic acids is 1. The lowest BCUT2D eigenvalue weighted by Gasteiger charge is -2.09. The van der Waals surface area contributed by atoms with Gasteiger partial charge in [0.25, 0.3) is 0 Å². The van der Waals surface area contributed by atoms with Crippen molar-refractivity contribution in [2.45, 2.75) is 6.61 Å². The maximum absolute atomic E-state index is 13.7. The number of carbonyl (C=O) groups is 1. The fraction of sp³-hybridized carbons (Fsp3) is 0.133. The van der Waals surface area contributed by atoms with Gasteiger partial charge in [0.05, 0.1) is 7.11 Å². The Hall–Kier alpha value is -2.43. The molecule has 0 spiro atoms. The fourth-order valence-electron chi connectivity index (χ4n) is 1.67. The van der Waals surface area contributed by atoms with Gasteiger partial charge >= 0.3 is 0 Å². The zero-order chi connectivity index (χ0) is 14.5. The Kier molecular flexibility index (Phi) is 4.30. The lowest BCUT2D eigenvalue weighted by molar-refractivity contribution is 0.112. The third-order valence-electron chi connectivity index (χ3n) is 2.68. The second-order valence-corrected chi connectivity index (χ2v) is 4.08. The van der Waals surface area contributed by atoms with Gasteiger partial charge in [-0.3, -0.25) is 4.79 Å². The van der Waals surface area contributed by atoms with Crippen molar-refractivity contribution in [1.29, 1.82) is 0 Å². The van der Waals surface area contributed by atoms with Crippen molar-refractivity contribution in [2.24, 2.45) is 0 Å². The van der Waals surface area contributed by atoms with Crippen molar-refractivity contribution in [3.8, 4) is 11.5 Å². The molecule has 0 fully saturated rings. The van der Waals surface area contributed by atoms with Crippen molar-refractivity contribution in [3.05, 3.63) is 59.2 Å². The molecule has 0 aliphatic rings. The van der Waals surface area contributed by atoms with Gasteiger partial charge in [-0.2, -0.15) is 0 Å². The Bertz CT molecular complexity index is 627. The van der Waals surface area contributed by atoms with Gasteiger partial charge in [-0.1, -0.05) is 0 Å². The van der Waals surface area contributed by atoms with Crippen LogP contribution >= 0.6 is 0 Å². The van der Waals surface area contributed by atoms with Crippen LogP contribution in [-0.4, -0.2) is 13.4 Å². The Balaban J connectivity index is 2.12. The van der Waals surface area contributed by atoms with Crippen molar-refractivity contribution in [2.75, 3.05) is 7.11 Å². The Morgan fingerprint density at radius 3 is 2.55 bits per heavy atom. The first-order chi connectivity index (χ1) is 9.62. The van der Waals surface area contributed by atoms with E-state index in [1.54, 1.807) is 6.07 Å². The first-order valence-corrected chi connectivity index (χ1v) is 5.83. The van der Waals surface area contributed by atoms with Gasteiger partial charge in [-0.15, -0.1) is 0 Å². The van der Waals surface area contributed by atoms with Crippen LogP contribution in [-0.2, 0) is 6.61 Å². The minimum atomic E-state index is -0.584. The molecule has 0 unspecified atom stereocenters. The summed E-state index contributed by atoms with van der Waals surface area (Å²) in [5.74, 6) is -0.487. The molecule has 0 atom stereocenters. The van der Waals surface area contributed by atoms with Crippen molar-refractivity contribution in [1.82, 2.24) is 0 Å². The number of ether oxygens (including phenoxy) is 2. The van der Waals surface area contributed by atoms with Crippen LogP contribution in [0.2, 0.25) is 0 Å². The van der Waals surface area contributed by atoms with Crippen molar-refractivity contribution < 1.29 is 23.0 Å². The minimum Gasteiger partial charge on any atom is -0.497 e. The molecule has 3 nitrogen and oxygen atoms in total. The van der Waals surface area contributed by atoms with E-state index in [1.165, 1.54) is 25.3 Å². The molecule has 2 aromatic carbocycles. The van der Waals surface area contributed by atoms with Crippen molar-refractivity contribution >= 4 is 6.29 Å². The summed E-state index contributed by atoms with van der Waals surface area (Å²) < 4.78 is 37.0. The topological polar surface area (TPSA) is 35.5 Å². The van der Waals surface area contributed by atoms with Crippen LogP contribution in [0.5, 0.6) is 11.5 Å². The summed E-state index contributed by atoms with van der Waals surface area (Å²) in [5.41, 5.74) is 0.470. The molecule has 0 N–H and O–H groups in total. The van der Waals surface area contributed by atoms with Gasteiger partial charge in [0.1, 0.15) is 36.0 Å². The van der Waals surface area contributed by atoms with E-state index >= 15 is 0 Å². The molecule has 104 valence electrons. The normalized spacial score (nSPS) is 10.2. The first kappa shape index (κ1) is 14.0. The molecule has 0 saturated heterocycles. The summed E-state index contributed by atoms with van der Waals surface area (Å²) in [6.07, 6.45) is 0.518. The van der Waals surface area contributed by atoms with E-state index in [9.17, 15) is 13.6 Å². The number of benzene rings is 2. The predicted molar refractivity (Wildman–Crippen MR) is 69.1 cm³/mol. The summed E-state index contributed by atoms with van der Waals surface area (Å²) in [6.45, 7) is -0.0718. The van der Waals surface area contributed by atoms with Crippen LogP contribution in [0.3, 0.4) is 0 Å². The number of hydrogen-bond acceptors (Lipinski definition) is 3. The number of aldehydes is 1. The lowest BCUT2D eigenvalue weighted by atomic mass is 10.2. The summed E-state index contributed by atoms with van der Waals surface area (Å²) in [6, 6.07) is 7.97. The zero-order valence-electron chi connectivity index (χ0n) is 10.7. The maximum atomic E-state index is 13.7. The Morgan fingerprint density at radius 2 is 1.90 bits per heavy atom. The molecule has 0 saturated carbocycles.